The van der Waals surface area contributed by atoms with Crippen LogP contribution in [0, 0.1) is 28.6 Å². The number of Topliss-reactive ketones (excluding diaryl/α,β-unsaturated/α-hetero) is 2. The van der Waals surface area contributed by atoms with Gasteiger partial charge in [0.2, 0.25) is 5.79 Å². The smallest absolute Gasteiger partial charge is 0.205 e. The topological polar surface area (TPSA) is 52.6 Å². The van der Waals surface area contributed by atoms with E-state index in [1.807, 2.05) is 13.8 Å². The Bertz CT molecular complexity index is 734. The van der Waals surface area contributed by atoms with E-state index >= 15 is 0 Å². The van der Waals surface area contributed by atoms with Crippen molar-refractivity contribution in [3.8, 4) is 0 Å². The number of allylic oxidation sites excluding steroid dienone is 1. The molecule has 4 nitrogen and oxygen atoms in total. The molecule has 5 aliphatic rings. The average Bonchev–Trinajstić information content (AvgIpc) is 3.05. The minimum absolute atomic E-state index is 0.0150. The highest BCUT2D eigenvalue weighted by atomic mass is 16.7. The maximum absolute atomic E-state index is 12.7. The minimum atomic E-state index is -0.653. The summed E-state index contributed by atoms with van der Waals surface area (Å²) in [4.78, 5) is 25.0. The summed E-state index contributed by atoms with van der Waals surface area (Å²) in [6.07, 6.45) is 5.76. The molecule has 1 saturated heterocycles. The lowest BCUT2D eigenvalue weighted by Crippen LogP contribution is -2.55. The SMILES string of the molecule is CC1(C)OC2=C3CC(=O)CC[C@]3(C)C3CC[C@]4(C)C(=O)CCC4C3[C@H]2O1. The van der Waals surface area contributed by atoms with Gasteiger partial charge in [-0.15, -0.1) is 0 Å². The molecule has 0 amide bonds. The van der Waals surface area contributed by atoms with Crippen molar-refractivity contribution < 1.29 is 19.1 Å². The van der Waals surface area contributed by atoms with Crippen LogP contribution in [-0.2, 0) is 19.1 Å². The molecule has 4 aliphatic carbocycles. The molecule has 4 heteroatoms. The predicted octanol–water partition coefficient (Wildman–Crippen LogP) is 4.18. The summed E-state index contributed by atoms with van der Waals surface area (Å²) in [7, 11) is 0. The first-order valence-electron chi connectivity index (χ1n) is 10.3. The van der Waals surface area contributed by atoms with Crippen molar-refractivity contribution in [2.45, 2.75) is 84.5 Å². The first-order valence-corrected chi connectivity index (χ1v) is 10.3. The van der Waals surface area contributed by atoms with Crippen LogP contribution in [0.15, 0.2) is 11.3 Å². The van der Waals surface area contributed by atoms with Gasteiger partial charge in [0.05, 0.1) is 0 Å². The molecule has 0 bridgehead atoms. The molecule has 26 heavy (non-hydrogen) atoms. The summed E-state index contributed by atoms with van der Waals surface area (Å²) in [5.74, 6) is 2.25. The highest BCUT2D eigenvalue weighted by Gasteiger charge is 2.65. The van der Waals surface area contributed by atoms with E-state index in [1.165, 1.54) is 5.57 Å². The Hall–Kier alpha value is -1.16. The summed E-state index contributed by atoms with van der Waals surface area (Å²) in [5.41, 5.74) is 1.03. The van der Waals surface area contributed by atoms with Crippen molar-refractivity contribution in [3.63, 3.8) is 0 Å². The number of rotatable bonds is 0. The lowest BCUT2D eigenvalue weighted by molar-refractivity contribution is -0.163. The largest absolute Gasteiger partial charge is 0.465 e. The van der Waals surface area contributed by atoms with Crippen molar-refractivity contribution in [1.82, 2.24) is 0 Å². The van der Waals surface area contributed by atoms with Gasteiger partial charge in [0.1, 0.15) is 23.4 Å². The fourth-order valence-electron chi connectivity index (χ4n) is 7.14. The maximum atomic E-state index is 12.7. The van der Waals surface area contributed by atoms with Crippen LogP contribution in [0.2, 0.25) is 0 Å². The van der Waals surface area contributed by atoms with E-state index in [4.69, 9.17) is 9.47 Å². The van der Waals surface area contributed by atoms with Crippen LogP contribution in [-0.4, -0.2) is 23.5 Å². The van der Waals surface area contributed by atoms with E-state index in [9.17, 15) is 9.59 Å². The fraction of sp³-hybridized carbons (Fsp3) is 0.818. The first kappa shape index (κ1) is 17.0. The third-order valence-electron chi connectivity index (χ3n) is 8.52. The molecule has 3 saturated carbocycles. The highest BCUT2D eigenvalue weighted by molar-refractivity contribution is 5.87. The van der Waals surface area contributed by atoms with Gasteiger partial charge in [-0.2, -0.15) is 0 Å². The highest BCUT2D eigenvalue weighted by Crippen LogP contribution is 2.66. The van der Waals surface area contributed by atoms with Gasteiger partial charge in [0.25, 0.3) is 0 Å². The third kappa shape index (κ3) is 2.00. The molecule has 0 aromatic heterocycles. The molecule has 0 aromatic rings. The Morgan fingerprint density at radius 3 is 2.42 bits per heavy atom. The predicted molar refractivity (Wildman–Crippen MR) is 96.1 cm³/mol. The Kier molecular flexibility index (Phi) is 3.27. The standard InChI is InChI=1S/C22H30O4/c1-20(2)25-18-15-11-12(23)7-9-21(15,3)14-8-10-22(4)13(5-6-16(22)24)17(14)19(18)26-20/h13-14,17,19H,5-11H2,1-4H3/t13?,14?,17?,19-,21-,22+/m1/s1. The second-order valence-electron chi connectivity index (χ2n) is 10.2. The van der Waals surface area contributed by atoms with Crippen LogP contribution in [0.25, 0.3) is 0 Å². The fourth-order valence-corrected chi connectivity index (χ4v) is 7.14. The first-order chi connectivity index (χ1) is 12.2. The summed E-state index contributed by atoms with van der Waals surface area (Å²) in [6.45, 7) is 8.48. The number of ether oxygens (including phenoxy) is 2. The van der Waals surface area contributed by atoms with Gasteiger partial charge < -0.3 is 9.47 Å². The maximum Gasteiger partial charge on any atom is 0.205 e. The van der Waals surface area contributed by atoms with E-state index < -0.39 is 5.79 Å². The Balaban J connectivity index is 1.67. The summed E-state index contributed by atoms with van der Waals surface area (Å²) in [5, 5.41) is 0. The second kappa shape index (κ2) is 5.01. The van der Waals surface area contributed by atoms with Crippen molar-refractivity contribution >= 4 is 11.6 Å². The van der Waals surface area contributed by atoms with Crippen molar-refractivity contribution in [2.75, 3.05) is 0 Å². The van der Waals surface area contributed by atoms with Gasteiger partial charge in [-0.05, 0) is 54.4 Å². The molecule has 0 N–H and O–H groups in total. The van der Waals surface area contributed by atoms with Crippen molar-refractivity contribution in [1.29, 1.82) is 0 Å². The van der Waals surface area contributed by atoms with Gasteiger partial charge in [-0.25, -0.2) is 0 Å². The molecule has 1 aliphatic heterocycles. The molecular formula is C22H30O4. The average molecular weight is 358 g/mol. The third-order valence-corrected chi connectivity index (χ3v) is 8.52. The van der Waals surface area contributed by atoms with Crippen molar-refractivity contribution in [2.24, 2.45) is 28.6 Å². The summed E-state index contributed by atoms with van der Waals surface area (Å²) in [6, 6.07) is 0. The Labute approximate surface area is 155 Å². The molecule has 5 rings (SSSR count). The monoisotopic (exact) mass is 358 g/mol. The quantitative estimate of drug-likeness (QED) is 0.652. The van der Waals surface area contributed by atoms with Crippen LogP contribution >= 0.6 is 0 Å². The van der Waals surface area contributed by atoms with E-state index in [1.54, 1.807) is 0 Å². The molecule has 1 heterocycles. The molecule has 0 aromatic carbocycles. The number of hydrogen-bond donors (Lipinski definition) is 0. The van der Waals surface area contributed by atoms with Gasteiger partial charge in [0, 0.05) is 38.5 Å². The Morgan fingerprint density at radius 2 is 1.65 bits per heavy atom. The number of carbonyl (C=O) groups is 2. The lowest BCUT2D eigenvalue weighted by Gasteiger charge is -2.57. The van der Waals surface area contributed by atoms with Gasteiger partial charge in [-0.3, -0.25) is 9.59 Å². The summed E-state index contributed by atoms with van der Waals surface area (Å²) >= 11 is 0. The van der Waals surface area contributed by atoms with Crippen LogP contribution in [0.1, 0.15) is 72.6 Å². The van der Waals surface area contributed by atoms with E-state index in [2.05, 4.69) is 13.8 Å². The molecule has 0 spiro atoms. The number of fused-ring (bicyclic) bond motifs is 7. The van der Waals surface area contributed by atoms with E-state index in [0.717, 1.165) is 31.4 Å². The number of hydrogen-bond acceptors (Lipinski definition) is 4. The normalized spacial score (nSPS) is 49.2. The van der Waals surface area contributed by atoms with Crippen LogP contribution in [0.4, 0.5) is 0 Å². The van der Waals surface area contributed by atoms with Gasteiger partial charge in [0.15, 0.2) is 0 Å². The number of carbonyl (C=O) groups excluding carboxylic acids is 2. The molecule has 0 radical (unpaired) electrons. The molecule has 4 fully saturated rings. The van der Waals surface area contributed by atoms with E-state index in [0.29, 0.717) is 48.6 Å². The molecule has 3 unspecified atom stereocenters. The second-order valence-corrected chi connectivity index (χ2v) is 10.2. The Morgan fingerprint density at radius 1 is 0.923 bits per heavy atom. The van der Waals surface area contributed by atoms with Gasteiger partial charge >= 0.3 is 0 Å². The molecule has 6 atom stereocenters. The summed E-state index contributed by atoms with van der Waals surface area (Å²) < 4.78 is 12.8. The van der Waals surface area contributed by atoms with Crippen molar-refractivity contribution in [3.05, 3.63) is 11.3 Å². The zero-order chi connectivity index (χ0) is 18.5. The van der Waals surface area contributed by atoms with Gasteiger partial charge in [-0.1, -0.05) is 13.8 Å². The molecular weight excluding hydrogens is 328 g/mol. The van der Waals surface area contributed by atoms with Crippen LogP contribution in [0.5, 0.6) is 0 Å². The van der Waals surface area contributed by atoms with Crippen LogP contribution < -0.4 is 0 Å². The molecule has 142 valence electrons. The zero-order valence-corrected chi connectivity index (χ0v) is 16.4. The van der Waals surface area contributed by atoms with Crippen LogP contribution in [0.3, 0.4) is 0 Å². The number of ketones is 2. The lowest BCUT2D eigenvalue weighted by atomic mass is 9.47. The van der Waals surface area contributed by atoms with E-state index in [-0.39, 0.29) is 16.9 Å². The zero-order valence-electron chi connectivity index (χ0n) is 16.4. The minimum Gasteiger partial charge on any atom is -0.465 e.